The Labute approximate surface area is 259 Å². The third-order valence-electron chi connectivity index (χ3n) is 8.50. The van der Waals surface area contributed by atoms with Gasteiger partial charge in [0.1, 0.15) is 11.2 Å². The van der Waals surface area contributed by atoms with Gasteiger partial charge in [0.05, 0.1) is 0 Å². The normalized spacial score (nSPS) is 11.6. The maximum atomic E-state index is 6.44. The van der Waals surface area contributed by atoms with Gasteiger partial charge in [0.15, 0.2) is 17.5 Å². The molecule has 0 saturated carbocycles. The lowest BCUT2D eigenvalue weighted by atomic mass is 9.98. The lowest BCUT2D eigenvalue weighted by molar-refractivity contribution is 0.669. The summed E-state index contributed by atoms with van der Waals surface area (Å²) in [5.41, 5.74) is 6.57. The van der Waals surface area contributed by atoms with Crippen LogP contribution in [0.15, 0.2) is 156 Å². The van der Waals surface area contributed by atoms with Crippen LogP contribution in [0.4, 0.5) is 0 Å². The van der Waals surface area contributed by atoms with Crippen LogP contribution in [0.25, 0.3) is 88.8 Å². The first-order valence-electron chi connectivity index (χ1n) is 15.0. The number of aromatic nitrogens is 3. The first-order chi connectivity index (χ1) is 22.3. The molecule has 0 amide bonds. The number of nitrogens with zero attached hydrogens (tertiary/aromatic N) is 3. The van der Waals surface area contributed by atoms with Crippen LogP contribution >= 0.6 is 0 Å². The van der Waals surface area contributed by atoms with Gasteiger partial charge < -0.3 is 4.42 Å². The molecule has 9 rings (SSSR count). The van der Waals surface area contributed by atoms with Gasteiger partial charge in [-0.15, -0.1) is 0 Å². The zero-order chi connectivity index (χ0) is 29.7. The molecule has 4 heteroatoms. The highest BCUT2D eigenvalue weighted by molar-refractivity contribution is 6.13. The quantitative estimate of drug-likeness (QED) is 0.209. The van der Waals surface area contributed by atoms with E-state index in [1.54, 1.807) is 0 Å². The summed E-state index contributed by atoms with van der Waals surface area (Å²) in [6, 6.07) is 52.2. The van der Waals surface area contributed by atoms with Gasteiger partial charge in [0.2, 0.25) is 0 Å². The Morgan fingerprint density at radius 2 is 1.02 bits per heavy atom. The van der Waals surface area contributed by atoms with Gasteiger partial charge in [-0.25, -0.2) is 15.0 Å². The predicted molar refractivity (Wildman–Crippen MR) is 184 cm³/mol. The van der Waals surface area contributed by atoms with Crippen molar-refractivity contribution in [1.82, 2.24) is 15.0 Å². The predicted octanol–water partition coefficient (Wildman–Crippen LogP) is 10.7. The average Bonchev–Trinajstić information content (AvgIpc) is 3.49. The number of para-hydroxylation sites is 1. The Bertz CT molecular complexity index is 2540. The molecular weight excluding hydrogens is 550 g/mol. The minimum atomic E-state index is 0.602. The number of furan rings is 1. The van der Waals surface area contributed by atoms with Crippen LogP contribution in [0.5, 0.6) is 0 Å². The lowest BCUT2D eigenvalue weighted by Crippen LogP contribution is -2.01. The second-order valence-electron chi connectivity index (χ2n) is 11.3. The van der Waals surface area contributed by atoms with Crippen LogP contribution in [-0.2, 0) is 0 Å². The van der Waals surface area contributed by atoms with Crippen molar-refractivity contribution in [3.05, 3.63) is 152 Å². The maximum absolute atomic E-state index is 6.44. The van der Waals surface area contributed by atoms with E-state index in [1.807, 2.05) is 24.3 Å². The van der Waals surface area contributed by atoms with Crippen molar-refractivity contribution in [2.45, 2.75) is 0 Å². The van der Waals surface area contributed by atoms with Gasteiger partial charge in [-0.1, -0.05) is 127 Å². The molecule has 210 valence electrons. The minimum Gasteiger partial charge on any atom is -0.456 e. The molecule has 0 aliphatic rings. The summed E-state index contributed by atoms with van der Waals surface area (Å²) in [4.78, 5) is 15.5. The summed E-state index contributed by atoms with van der Waals surface area (Å²) < 4.78 is 6.44. The molecule has 0 unspecified atom stereocenters. The molecule has 0 saturated heterocycles. The van der Waals surface area contributed by atoms with Gasteiger partial charge >= 0.3 is 0 Å². The summed E-state index contributed by atoms with van der Waals surface area (Å²) in [5.74, 6) is 1.86. The van der Waals surface area contributed by atoms with Gasteiger partial charge in [-0.05, 0) is 56.9 Å². The average molecular weight is 576 g/mol. The van der Waals surface area contributed by atoms with Crippen LogP contribution in [0.3, 0.4) is 0 Å². The summed E-state index contributed by atoms with van der Waals surface area (Å²) in [6.45, 7) is 0. The minimum absolute atomic E-state index is 0.602. The van der Waals surface area contributed by atoms with E-state index < -0.39 is 0 Å². The van der Waals surface area contributed by atoms with Crippen LogP contribution in [0.2, 0.25) is 0 Å². The molecule has 0 fully saturated rings. The maximum Gasteiger partial charge on any atom is 0.164 e. The van der Waals surface area contributed by atoms with E-state index in [4.69, 9.17) is 19.4 Å². The van der Waals surface area contributed by atoms with Crippen molar-refractivity contribution >= 4 is 43.5 Å². The molecule has 0 bridgehead atoms. The second-order valence-corrected chi connectivity index (χ2v) is 11.3. The second kappa shape index (κ2) is 10.2. The van der Waals surface area contributed by atoms with E-state index in [1.165, 1.54) is 5.39 Å². The largest absolute Gasteiger partial charge is 0.456 e. The molecule has 4 nitrogen and oxygen atoms in total. The van der Waals surface area contributed by atoms with Crippen molar-refractivity contribution in [1.29, 1.82) is 0 Å². The number of benzene rings is 7. The zero-order valence-corrected chi connectivity index (χ0v) is 24.2. The fourth-order valence-electron chi connectivity index (χ4n) is 6.32. The summed E-state index contributed by atoms with van der Waals surface area (Å²) in [7, 11) is 0. The molecular formula is C41H25N3O. The standard InChI is InChI=1S/C41H25N3O/c1-2-11-26(12-3-1)31-24-35(38-34-18-8-9-20-36(34)45-37(38)25-31)41-43-39(30-22-21-27-13-4-5-15-29(27)23-30)42-40(44-41)33-19-10-16-28-14-6-7-17-32(28)33/h1-25H. The Hall–Kier alpha value is -6.13. The first-order valence-corrected chi connectivity index (χ1v) is 15.0. The van der Waals surface area contributed by atoms with Gasteiger partial charge in [-0.2, -0.15) is 0 Å². The van der Waals surface area contributed by atoms with Crippen molar-refractivity contribution < 1.29 is 4.42 Å². The van der Waals surface area contributed by atoms with E-state index in [0.717, 1.165) is 65.9 Å². The Balaban J connectivity index is 1.37. The van der Waals surface area contributed by atoms with Crippen LogP contribution in [0.1, 0.15) is 0 Å². The molecule has 45 heavy (non-hydrogen) atoms. The molecule has 7 aromatic carbocycles. The highest BCUT2D eigenvalue weighted by atomic mass is 16.3. The van der Waals surface area contributed by atoms with Crippen molar-refractivity contribution in [3.8, 4) is 45.3 Å². The number of hydrogen-bond donors (Lipinski definition) is 0. The molecule has 0 aliphatic heterocycles. The molecule has 2 aromatic heterocycles. The zero-order valence-electron chi connectivity index (χ0n) is 24.2. The molecule has 0 radical (unpaired) electrons. The smallest absolute Gasteiger partial charge is 0.164 e. The fourth-order valence-corrected chi connectivity index (χ4v) is 6.32. The van der Waals surface area contributed by atoms with Crippen molar-refractivity contribution in [2.75, 3.05) is 0 Å². The molecule has 0 aliphatic carbocycles. The number of hydrogen-bond acceptors (Lipinski definition) is 4. The Morgan fingerprint density at radius 1 is 0.356 bits per heavy atom. The van der Waals surface area contributed by atoms with Gasteiger partial charge in [0, 0.05) is 27.5 Å². The topological polar surface area (TPSA) is 51.8 Å². The summed E-state index contributed by atoms with van der Waals surface area (Å²) in [5, 5.41) is 6.56. The number of rotatable bonds is 4. The van der Waals surface area contributed by atoms with E-state index in [-0.39, 0.29) is 0 Å². The highest BCUT2D eigenvalue weighted by Gasteiger charge is 2.20. The number of fused-ring (bicyclic) bond motifs is 5. The summed E-state index contributed by atoms with van der Waals surface area (Å²) >= 11 is 0. The van der Waals surface area contributed by atoms with Gasteiger partial charge in [0.25, 0.3) is 0 Å². The fraction of sp³-hybridized carbons (Fsp3) is 0. The Morgan fingerprint density at radius 3 is 1.89 bits per heavy atom. The SMILES string of the molecule is c1ccc(-c2cc(-c3nc(-c4ccc5ccccc5c4)nc(-c4cccc5ccccc45)n3)c3c(c2)oc2ccccc23)cc1. The molecule has 9 aromatic rings. The molecule has 0 spiro atoms. The third kappa shape index (κ3) is 4.35. The molecule has 0 N–H and O–H groups in total. The van der Waals surface area contributed by atoms with Crippen LogP contribution in [0, 0.1) is 0 Å². The lowest BCUT2D eigenvalue weighted by Gasteiger charge is -2.12. The van der Waals surface area contributed by atoms with E-state index in [9.17, 15) is 0 Å². The van der Waals surface area contributed by atoms with E-state index in [0.29, 0.717) is 17.5 Å². The van der Waals surface area contributed by atoms with E-state index in [2.05, 4.69) is 127 Å². The molecule has 0 atom stereocenters. The Kier molecular flexibility index (Phi) is 5.78. The highest BCUT2D eigenvalue weighted by Crippen LogP contribution is 2.40. The monoisotopic (exact) mass is 575 g/mol. The first kappa shape index (κ1) is 25.4. The van der Waals surface area contributed by atoms with Crippen molar-refractivity contribution in [2.24, 2.45) is 0 Å². The summed E-state index contributed by atoms with van der Waals surface area (Å²) in [6.07, 6.45) is 0. The van der Waals surface area contributed by atoms with E-state index >= 15 is 0 Å². The van der Waals surface area contributed by atoms with Crippen LogP contribution in [-0.4, -0.2) is 15.0 Å². The third-order valence-corrected chi connectivity index (χ3v) is 8.50. The van der Waals surface area contributed by atoms with Gasteiger partial charge in [-0.3, -0.25) is 0 Å². The van der Waals surface area contributed by atoms with Crippen molar-refractivity contribution in [3.63, 3.8) is 0 Å². The van der Waals surface area contributed by atoms with Crippen LogP contribution < -0.4 is 0 Å². The molecule has 2 heterocycles.